The molecule has 1 N–H and O–H groups in total. The molecule has 1 fully saturated rings. The molecule has 1 aliphatic heterocycles. The average Bonchev–Trinajstić information content (AvgIpc) is 2.64. The molecule has 0 atom stereocenters. The smallest absolute Gasteiger partial charge is 0.0863 e. The number of nitrogens with zero attached hydrogens (tertiary/aromatic N) is 4. The first-order valence-corrected chi connectivity index (χ1v) is 6.86. The molecule has 0 amide bonds. The topological polar surface area (TPSA) is 36.3 Å². The lowest BCUT2D eigenvalue weighted by molar-refractivity contribution is 0.101. The summed E-state index contributed by atoms with van der Waals surface area (Å²) in [6.07, 6.45) is 0.876. The van der Waals surface area contributed by atoms with E-state index in [0.29, 0.717) is 0 Å². The number of piperazine rings is 1. The van der Waals surface area contributed by atoms with Gasteiger partial charge in [-0.25, -0.2) is 10.4 Å². The highest BCUT2D eigenvalue weighted by molar-refractivity contribution is 6.31. The van der Waals surface area contributed by atoms with E-state index in [-0.39, 0.29) is 0 Å². The quantitative estimate of drug-likeness (QED) is 0.882. The van der Waals surface area contributed by atoms with Gasteiger partial charge in [0, 0.05) is 33.2 Å². The van der Waals surface area contributed by atoms with Crippen molar-refractivity contribution < 1.29 is 0 Å². The van der Waals surface area contributed by atoms with Crippen LogP contribution < -0.4 is 5.43 Å². The van der Waals surface area contributed by atoms with Gasteiger partial charge < -0.3 is 4.90 Å². The first-order chi connectivity index (χ1) is 8.61. The van der Waals surface area contributed by atoms with Crippen LogP contribution in [-0.4, -0.2) is 52.9 Å². The Labute approximate surface area is 114 Å². The predicted molar refractivity (Wildman–Crippen MR) is 73.5 cm³/mol. The van der Waals surface area contributed by atoms with Gasteiger partial charge in [0.2, 0.25) is 0 Å². The molecule has 0 aliphatic carbocycles. The minimum Gasteiger partial charge on any atom is -0.304 e. The molecule has 1 aromatic rings. The molecule has 2 rings (SSSR count). The lowest BCUT2D eigenvalue weighted by Crippen LogP contribution is -2.50. The third kappa shape index (κ3) is 3.03. The maximum atomic E-state index is 6.32. The molecule has 5 nitrogen and oxygen atoms in total. The van der Waals surface area contributed by atoms with Crippen LogP contribution >= 0.6 is 11.6 Å². The van der Waals surface area contributed by atoms with Crippen LogP contribution in [0.25, 0.3) is 0 Å². The summed E-state index contributed by atoms with van der Waals surface area (Å²) in [5, 5.41) is 7.49. The second kappa shape index (κ2) is 6.02. The molecule has 1 aromatic heterocycles. The molecule has 2 heterocycles. The zero-order valence-corrected chi connectivity index (χ0v) is 12.2. The van der Waals surface area contributed by atoms with Gasteiger partial charge in [-0.05, 0) is 13.5 Å². The molecule has 1 aliphatic rings. The monoisotopic (exact) mass is 271 g/mol. The Balaban J connectivity index is 1.92. The summed E-state index contributed by atoms with van der Waals surface area (Å²) in [5.41, 5.74) is 5.48. The number of hydrazine groups is 1. The number of nitrogens with one attached hydrogen (secondary N) is 1. The minimum atomic E-state index is 0.742. The fraction of sp³-hybridized carbons (Fsp3) is 0.750. The summed E-state index contributed by atoms with van der Waals surface area (Å²) in [4.78, 5) is 2.34. The van der Waals surface area contributed by atoms with E-state index in [4.69, 9.17) is 11.6 Å². The van der Waals surface area contributed by atoms with Crippen molar-refractivity contribution in [3.8, 4) is 0 Å². The van der Waals surface area contributed by atoms with E-state index in [0.717, 1.165) is 55.6 Å². The average molecular weight is 272 g/mol. The van der Waals surface area contributed by atoms with Gasteiger partial charge in [0.1, 0.15) is 0 Å². The number of aromatic nitrogens is 2. The maximum Gasteiger partial charge on any atom is 0.0863 e. The molecular weight excluding hydrogens is 250 g/mol. The van der Waals surface area contributed by atoms with Gasteiger partial charge in [0.05, 0.1) is 23.0 Å². The minimum absolute atomic E-state index is 0.742. The summed E-state index contributed by atoms with van der Waals surface area (Å²) in [7, 11) is 4.11. The first kappa shape index (κ1) is 13.8. The van der Waals surface area contributed by atoms with E-state index in [9.17, 15) is 0 Å². The normalized spacial score (nSPS) is 18.4. The number of hydrogen-bond acceptors (Lipinski definition) is 4. The van der Waals surface area contributed by atoms with Crippen molar-refractivity contribution in [2.45, 2.75) is 19.9 Å². The molecule has 1 saturated heterocycles. The largest absolute Gasteiger partial charge is 0.304 e. The van der Waals surface area contributed by atoms with Gasteiger partial charge in [-0.1, -0.05) is 18.5 Å². The fourth-order valence-corrected chi connectivity index (χ4v) is 2.52. The number of halogens is 1. The molecule has 0 bridgehead atoms. The fourth-order valence-electron chi connectivity index (χ4n) is 2.16. The Morgan fingerprint density at radius 2 is 1.89 bits per heavy atom. The van der Waals surface area contributed by atoms with E-state index < -0.39 is 0 Å². The van der Waals surface area contributed by atoms with Crippen LogP contribution in [0.2, 0.25) is 5.02 Å². The molecule has 0 aromatic carbocycles. The van der Waals surface area contributed by atoms with Gasteiger partial charge >= 0.3 is 0 Å². The van der Waals surface area contributed by atoms with Crippen LogP contribution in [0.3, 0.4) is 0 Å². The van der Waals surface area contributed by atoms with Crippen molar-refractivity contribution in [3.05, 3.63) is 16.4 Å². The van der Waals surface area contributed by atoms with E-state index in [1.165, 1.54) is 0 Å². The number of likely N-dealkylation sites (N-methyl/N-ethyl adjacent to an activating group) is 1. The van der Waals surface area contributed by atoms with Gasteiger partial charge in [-0.15, -0.1) is 0 Å². The van der Waals surface area contributed by atoms with E-state index in [1.54, 1.807) is 0 Å². The molecule has 0 radical (unpaired) electrons. The van der Waals surface area contributed by atoms with Crippen molar-refractivity contribution >= 4 is 11.6 Å². The second-order valence-electron chi connectivity index (χ2n) is 4.81. The first-order valence-electron chi connectivity index (χ1n) is 6.49. The van der Waals surface area contributed by atoms with Crippen molar-refractivity contribution in [2.75, 3.05) is 33.2 Å². The van der Waals surface area contributed by atoms with Crippen molar-refractivity contribution in [2.24, 2.45) is 7.05 Å². The van der Waals surface area contributed by atoms with Crippen LogP contribution in [0, 0.1) is 0 Å². The number of aryl methyl sites for hydroxylation is 2. The van der Waals surface area contributed by atoms with Crippen molar-refractivity contribution in [1.82, 2.24) is 25.1 Å². The zero-order chi connectivity index (χ0) is 13.1. The van der Waals surface area contributed by atoms with Crippen LogP contribution in [0.5, 0.6) is 0 Å². The molecule has 0 spiro atoms. The second-order valence-corrected chi connectivity index (χ2v) is 5.19. The highest BCUT2D eigenvalue weighted by Gasteiger charge is 2.16. The lowest BCUT2D eigenvalue weighted by atomic mass is 10.3. The number of hydrogen-bond donors (Lipinski definition) is 1. The Bertz CT molecular complexity index is 395. The van der Waals surface area contributed by atoms with E-state index >= 15 is 0 Å². The SMILES string of the molecule is CCc1nn(C)c(CNN2CCN(C)CC2)c1Cl. The molecule has 0 saturated carbocycles. The molecule has 0 unspecified atom stereocenters. The molecule has 6 heteroatoms. The standard InChI is InChI=1S/C12H22ClN5/c1-4-10-12(13)11(17(3)15-10)9-14-18-7-5-16(2)6-8-18/h14H,4-9H2,1-3H3. The lowest BCUT2D eigenvalue weighted by Gasteiger charge is -2.32. The van der Waals surface area contributed by atoms with Crippen LogP contribution in [0.15, 0.2) is 0 Å². The summed E-state index contributed by atoms with van der Waals surface area (Å²) in [6, 6.07) is 0. The van der Waals surface area contributed by atoms with E-state index in [2.05, 4.69) is 34.4 Å². The predicted octanol–water partition coefficient (Wildman–Crippen LogP) is 0.888. The van der Waals surface area contributed by atoms with Crippen molar-refractivity contribution in [3.63, 3.8) is 0 Å². The summed E-state index contributed by atoms with van der Waals surface area (Å²) >= 11 is 6.32. The van der Waals surface area contributed by atoms with Crippen molar-refractivity contribution in [1.29, 1.82) is 0 Å². The molecule has 102 valence electrons. The highest BCUT2D eigenvalue weighted by atomic mass is 35.5. The number of rotatable bonds is 4. The summed E-state index contributed by atoms with van der Waals surface area (Å²) < 4.78 is 1.88. The van der Waals surface area contributed by atoms with Gasteiger partial charge in [0.15, 0.2) is 0 Å². The third-order valence-electron chi connectivity index (χ3n) is 3.48. The Kier molecular flexibility index (Phi) is 4.61. The summed E-state index contributed by atoms with van der Waals surface area (Å²) in [6.45, 7) is 7.12. The molecular formula is C12H22ClN5. The summed E-state index contributed by atoms with van der Waals surface area (Å²) in [5.74, 6) is 0. The Morgan fingerprint density at radius 3 is 2.44 bits per heavy atom. The maximum absolute atomic E-state index is 6.32. The Morgan fingerprint density at radius 1 is 1.22 bits per heavy atom. The van der Waals surface area contributed by atoms with Crippen LogP contribution in [-0.2, 0) is 20.0 Å². The van der Waals surface area contributed by atoms with Gasteiger partial charge in [0.25, 0.3) is 0 Å². The highest BCUT2D eigenvalue weighted by Crippen LogP contribution is 2.20. The van der Waals surface area contributed by atoms with Crippen LogP contribution in [0.1, 0.15) is 18.3 Å². The zero-order valence-electron chi connectivity index (χ0n) is 11.4. The van der Waals surface area contributed by atoms with E-state index in [1.807, 2.05) is 11.7 Å². The third-order valence-corrected chi connectivity index (χ3v) is 3.91. The molecule has 18 heavy (non-hydrogen) atoms. The Hall–Kier alpha value is -0.620. The van der Waals surface area contributed by atoms with Gasteiger partial charge in [-0.3, -0.25) is 4.68 Å². The van der Waals surface area contributed by atoms with Gasteiger partial charge in [-0.2, -0.15) is 5.10 Å². The van der Waals surface area contributed by atoms with Crippen LogP contribution in [0.4, 0.5) is 0 Å².